The number of nitro benzene ring substituents is 1. The van der Waals surface area contributed by atoms with E-state index < -0.39 is 4.92 Å². The van der Waals surface area contributed by atoms with Crippen LogP contribution in [0.2, 0.25) is 0 Å². The third-order valence-electron chi connectivity index (χ3n) is 3.99. The number of carbonyl (C=O) groups excluding carboxylic acids is 1. The van der Waals surface area contributed by atoms with Gasteiger partial charge < -0.3 is 5.84 Å². The van der Waals surface area contributed by atoms with Crippen LogP contribution < -0.4 is 5.84 Å². The predicted molar refractivity (Wildman–Crippen MR) is 106 cm³/mol. The summed E-state index contributed by atoms with van der Waals surface area (Å²) < 4.78 is 1.33. The van der Waals surface area contributed by atoms with Crippen molar-refractivity contribution in [3.63, 3.8) is 0 Å². The zero-order valence-corrected chi connectivity index (χ0v) is 16.4. The lowest BCUT2D eigenvalue weighted by atomic mass is 9.96. The number of aromatic nitrogens is 3. The van der Waals surface area contributed by atoms with Crippen molar-refractivity contribution in [3.8, 4) is 0 Å². The van der Waals surface area contributed by atoms with Crippen molar-refractivity contribution in [3.05, 3.63) is 75.6 Å². The first kappa shape index (κ1) is 19.6. The quantitative estimate of drug-likeness (QED) is 0.303. The van der Waals surface area contributed by atoms with Gasteiger partial charge in [-0.15, -0.1) is 10.2 Å². The van der Waals surface area contributed by atoms with Crippen molar-refractivity contribution in [2.75, 3.05) is 5.84 Å². The van der Waals surface area contributed by atoms with Crippen molar-refractivity contribution in [1.29, 1.82) is 0 Å². The van der Waals surface area contributed by atoms with Crippen LogP contribution in [0.25, 0.3) is 0 Å². The van der Waals surface area contributed by atoms with E-state index >= 15 is 0 Å². The molecule has 0 fully saturated rings. The standard InChI is InChI=1S/C19H19N5O3S/c1-19(2,3)17-21-22-18(23(17)20)28-15-10-9-13(11-14(15)24(26)27)16(25)12-7-5-4-6-8-12/h4-11H,20H2,1-3H3. The summed E-state index contributed by atoms with van der Waals surface area (Å²) in [7, 11) is 0. The molecule has 144 valence electrons. The molecule has 28 heavy (non-hydrogen) atoms. The van der Waals surface area contributed by atoms with Gasteiger partial charge >= 0.3 is 0 Å². The summed E-state index contributed by atoms with van der Waals surface area (Å²) in [4.78, 5) is 24.0. The Morgan fingerprint density at radius 1 is 1.11 bits per heavy atom. The monoisotopic (exact) mass is 397 g/mol. The molecule has 0 bridgehead atoms. The third kappa shape index (κ3) is 3.89. The summed E-state index contributed by atoms with van der Waals surface area (Å²) in [5, 5.41) is 20.0. The lowest BCUT2D eigenvalue weighted by Crippen LogP contribution is -2.24. The van der Waals surface area contributed by atoms with Crippen LogP contribution in [0.5, 0.6) is 0 Å². The number of nitrogen functional groups attached to an aromatic ring is 1. The average molecular weight is 397 g/mol. The zero-order valence-electron chi connectivity index (χ0n) is 15.6. The normalized spacial score (nSPS) is 11.4. The second-order valence-electron chi connectivity index (χ2n) is 7.16. The molecule has 1 heterocycles. The minimum Gasteiger partial charge on any atom is -0.336 e. The molecule has 0 aliphatic heterocycles. The van der Waals surface area contributed by atoms with Crippen molar-refractivity contribution in [2.24, 2.45) is 0 Å². The number of carbonyl (C=O) groups is 1. The number of rotatable bonds is 5. The van der Waals surface area contributed by atoms with Gasteiger partial charge in [-0.2, -0.15) is 0 Å². The van der Waals surface area contributed by atoms with E-state index in [-0.39, 0.29) is 22.4 Å². The van der Waals surface area contributed by atoms with Crippen molar-refractivity contribution >= 4 is 23.2 Å². The molecule has 0 amide bonds. The van der Waals surface area contributed by atoms with Crippen LogP contribution in [0, 0.1) is 10.1 Å². The topological polar surface area (TPSA) is 117 Å². The molecule has 2 aromatic carbocycles. The molecule has 8 nitrogen and oxygen atoms in total. The van der Waals surface area contributed by atoms with Crippen LogP contribution in [-0.2, 0) is 5.41 Å². The van der Waals surface area contributed by atoms with E-state index in [4.69, 9.17) is 5.84 Å². The first-order valence-corrected chi connectivity index (χ1v) is 9.27. The molecule has 0 saturated carbocycles. The van der Waals surface area contributed by atoms with Gasteiger partial charge in [-0.05, 0) is 23.9 Å². The fourth-order valence-electron chi connectivity index (χ4n) is 2.60. The SMILES string of the molecule is CC(C)(C)c1nnc(Sc2ccc(C(=O)c3ccccc3)cc2[N+](=O)[O-])n1N. The van der Waals surface area contributed by atoms with Crippen LogP contribution in [-0.4, -0.2) is 25.6 Å². The molecule has 0 saturated heterocycles. The van der Waals surface area contributed by atoms with Gasteiger partial charge in [0.1, 0.15) is 0 Å². The summed E-state index contributed by atoms with van der Waals surface area (Å²) in [6.45, 7) is 5.84. The maximum atomic E-state index is 12.6. The first-order valence-electron chi connectivity index (χ1n) is 8.45. The number of hydrogen-bond donors (Lipinski definition) is 1. The lowest BCUT2D eigenvalue weighted by molar-refractivity contribution is -0.387. The zero-order chi connectivity index (χ0) is 20.5. The number of hydrogen-bond acceptors (Lipinski definition) is 7. The van der Waals surface area contributed by atoms with Crippen LogP contribution in [0.4, 0.5) is 5.69 Å². The van der Waals surface area contributed by atoms with Gasteiger partial charge in [-0.25, -0.2) is 4.68 Å². The van der Waals surface area contributed by atoms with Crippen molar-refractivity contribution in [1.82, 2.24) is 14.9 Å². The van der Waals surface area contributed by atoms with Gasteiger partial charge in [0, 0.05) is 22.6 Å². The number of benzene rings is 2. The molecular formula is C19H19N5O3S. The van der Waals surface area contributed by atoms with Gasteiger partial charge in [0.05, 0.1) is 9.82 Å². The van der Waals surface area contributed by atoms with Gasteiger partial charge in [0.25, 0.3) is 5.69 Å². The Bertz CT molecular complexity index is 1040. The molecule has 1 aromatic heterocycles. The maximum absolute atomic E-state index is 12.6. The highest BCUT2D eigenvalue weighted by Crippen LogP contribution is 2.35. The molecule has 3 rings (SSSR count). The molecule has 0 unspecified atom stereocenters. The van der Waals surface area contributed by atoms with Gasteiger partial charge in [-0.1, -0.05) is 51.1 Å². The van der Waals surface area contributed by atoms with Crippen LogP contribution >= 0.6 is 11.8 Å². The van der Waals surface area contributed by atoms with Crippen molar-refractivity contribution in [2.45, 2.75) is 36.2 Å². The second kappa shape index (κ2) is 7.43. The molecule has 0 atom stereocenters. The second-order valence-corrected chi connectivity index (χ2v) is 8.17. The van der Waals surface area contributed by atoms with E-state index in [2.05, 4.69) is 10.2 Å². The molecule has 0 aliphatic carbocycles. The van der Waals surface area contributed by atoms with Crippen LogP contribution in [0.3, 0.4) is 0 Å². The van der Waals surface area contributed by atoms with E-state index in [1.165, 1.54) is 16.8 Å². The molecule has 3 aromatic rings. The highest BCUT2D eigenvalue weighted by atomic mass is 32.2. The van der Waals surface area contributed by atoms with E-state index in [1.54, 1.807) is 36.4 Å². The number of nitrogens with two attached hydrogens (primary N) is 1. The molecule has 0 aliphatic rings. The Morgan fingerprint density at radius 3 is 2.36 bits per heavy atom. The Morgan fingerprint density at radius 2 is 1.79 bits per heavy atom. The summed E-state index contributed by atoms with van der Waals surface area (Å²) in [5.74, 6) is 6.35. The summed E-state index contributed by atoms with van der Waals surface area (Å²) in [6, 6.07) is 13.0. The van der Waals surface area contributed by atoms with E-state index in [0.29, 0.717) is 21.4 Å². The number of nitrogens with zero attached hydrogens (tertiary/aromatic N) is 4. The molecule has 0 spiro atoms. The smallest absolute Gasteiger partial charge is 0.284 e. The summed E-state index contributed by atoms with van der Waals surface area (Å²) in [6.07, 6.45) is 0. The average Bonchev–Trinajstić information content (AvgIpc) is 3.02. The third-order valence-corrected chi connectivity index (χ3v) is 5.02. The van der Waals surface area contributed by atoms with E-state index in [0.717, 1.165) is 11.8 Å². The van der Waals surface area contributed by atoms with Gasteiger partial charge in [-0.3, -0.25) is 14.9 Å². The fraction of sp³-hybridized carbons (Fsp3) is 0.211. The number of nitro groups is 1. The van der Waals surface area contributed by atoms with Gasteiger partial charge in [0.15, 0.2) is 11.6 Å². The highest BCUT2D eigenvalue weighted by molar-refractivity contribution is 7.99. The van der Waals surface area contributed by atoms with Gasteiger partial charge in [0.2, 0.25) is 5.16 Å². The largest absolute Gasteiger partial charge is 0.336 e. The first-order chi connectivity index (χ1) is 13.2. The predicted octanol–water partition coefficient (Wildman–Crippen LogP) is 3.58. The Hall–Kier alpha value is -3.20. The minimum atomic E-state index is -0.522. The summed E-state index contributed by atoms with van der Waals surface area (Å²) in [5.41, 5.74) is 0.200. The van der Waals surface area contributed by atoms with Crippen LogP contribution in [0.1, 0.15) is 42.5 Å². The lowest BCUT2D eigenvalue weighted by Gasteiger charge is -2.16. The van der Waals surface area contributed by atoms with E-state index in [9.17, 15) is 14.9 Å². The molecule has 2 N–H and O–H groups in total. The summed E-state index contributed by atoms with van der Waals surface area (Å²) >= 11 is 1.03. The maximum Gasteiger partial charge on any atom is 0.284 e. The Kier molecular flexibility index (Phi) is 5.19. The molecular weight excluding hydrogens is 378 g/mol. The van der Waals surface area contributed by atoms with Crippen molar-refractivity contribution < 1.29 is 9.72 Å². The fourth-order valence-corrected chi connectivity index (χ4v) is 3.44. The van der Waals surface area contributed by atoms with Crippen LogP contribution in [0.15, 0.2) is 58.6 Å². The molecule has 0 radical (unpaired) electrons. The highest BCUT2D eigenvalue weighted by Gasteiger charge is 2.25. The molecule has 9 heteroatoms. The number of ketones is 1. The Labute approximate surface area is 165 Å². The van der Waals surface area contributed by atoms with E-state index in [1.807, 2.05) is 20.8 Å². The minimum absolute atomic E-state index is 0.188. The Balaban J connectivity index is 1.96.